The van der Waals surface area contributed by atoms with Gasteiger partial charge in [-0.05, 0) is 26.0 Å². The van der Waals surface area contributed by atoms with Gasteiger partial charge < -0.3 is 54.5 Å². The maximum atomic E-state index is 13.9. The molecule has 6 N–H and O–H groups in total. The Balaban J connectivity index is 1.46. The molecule has 1 fully saturated rings. The summed E-state index contributed by atoms with van der Waals surface area (Å²) in [6.45, 7) is 6.63. The lowest BCUT2D eigenvalue weighted by Gasteiger charge is -2.43. The first-order valence-corrected chi connectivity index (χ1v) is 17.2. The molecule has 16 nitrogen and oxygen atoms in total. The molecule has 0 spiro atoms. The van der Waals surface area contributed by atoms with Crippen molar-refractivity contribution in [2.24, 2.45) is 5.41 Å². The number of Topliss-reactive ketones (excluding diaryl/α,β-unsaturated/α-hetero) is 1. The van der Waals surface area contributed by atoms with Gasteiger partial charge in [0.25, 0.3) is 6.29 Å². The number of carbonyl (C=O) groups excluding carboxylic acids is 5. The van der Waals surface area contributed by atoms with E-state index in [1.165, 1.54) is 39.2 Å². The van der Waals surface area contributed by atoms with Crippen molar-refractivity contribution >= 4 is 29.3 Å². The number of aliphatic hydroxyl groups is 3. The van der Waals surface area contributed by atoms with Crippen LogP contribution in [-0.4, -0.2) is 112 Å². The fourth-order valence-corrected chi connectivity index (χ4v) is 7.26. The van der Waals surface area contributed by atoms with Crippen molar-refractivity contribution in [1.29, 1.82) is 0 Å². The SMILES string of the molecule is COc1cccc2c1C(=O)c1c(O)c3c(c(O)c1C2=O)C[C@@](O)(C(=O)CO)C[C@@H]3O[C@H]1C[C@H](NCCC(C)(C)C(OC(C)=O)OC(C)=O)[C@H](O)[C@H](C)O1. The molecule has 0 unspecified atom stereocenters. The normalized spacial score (nSPS) is 25.3. The third kappa shape index (κ3) is 7.52. The van der Waals surface area contributed by atoms with Crippen molar-refractivity contribution in [2.45, 2.75) is 103 Å². The van der Waals surface area contributed by atoms with Gasteiger partial charge in [0.05, 0.1) is 42.1 Å². The number of benzene rings is 2. The fraction of sp³-hybridized carbons (Fsp3) is 0.541. The van der Waals surface area contributed by atoms with Crippen LogP contribution in [0.25, 0.3) is 0 Å². The maximum absolute atomic E-state index is 13.9. The van der Waals surface area contributed by atoms with Crippen LogP contribution in [0.15, 0.2) is 18.2 Å². The van der Waals surface area contributed by atoms with E-state index in [0.29, 0.717) is 6.42 Å². The molecule has 0 aromatic heterocycles. The Hall–Kier alpha value is -4.45. The van der Waals surface area contributed by atoms with E-state index >= 15 is 0 Å². The summed E-state index contributed by atoms with van der Waals surface area (Å²) in [4.78, 5) is 63.9. The highest BCUT2D eigenvalue weighted by molar-refractivity contribution is 6.31. The Kier molecular flexibility index (Phi) is 11.3. The minimum Gasteiger partial charge on any atom is -0.507 e. The Bertz CT molecular complexity index is 1810. The van der Waals surface area contributed by atoms with Crippen LogP contribution in [0.5, 0.6) is 17.2 Å². The Morgan fingerprint density at radius 3 is 2.28 bits per heavy atom. The molecule has 0 saturated carbocycles. The van der Waals surface area contributed by atoms with E-state index in [4.69, 9.17) is 23.7 Å². The molecular weight excluding hydrogens is 698 g/mol. The molecule has 288 valence electrons. The molecule has 3 aliphatic rings. The summed E-state index contributed by atoms with van der Waals surface area (Å²) in [6, 6.07) is 3.65. The standard InChI is InChI=1S/C37H45NO15/c1-16-30(43)21(38-11-10-36(4,5)35(51-17(2)40)52-18(3)41)12-25(50-16)53-23-14-37(48,24(42)15-39)13-20-27(23)34(47)29-28(32(20)45)31(44)19-8-7-9-22(49-6)26(19)33(29)46/h7-9,16,21,23,25,30,35,38-39,43,45,47-48H,10-15H2,1-6H3/t16-,21-,23-,25-,30+,37-/m0/s1. The second-order valence-electron chi connectivity index (χ2n) is 14.3. The van der Waals surface area contributed by atoms with Gasteiger partial charge in [0.2, 0.25) is 5.78 Å². The van der Waals surface area contributed by atoms with Crippen molar-refractivity contribution in [3.63, 3.8) is 0 Å². The number of aliphatic hydroxyl groups excluding tert-OH is 2. The maximum Gasteiger partial charge on any atom is 0.305 e. The molecule has 2 aromatic carbocycles. The third-order valence-corrected chi connectivity index (χ3v) is 10.1. The summed E-state index contributed by atoms with van der Waals surface area (Å²) in [5, 5.41) is 58.9. The summed E-state index contributed by atoms with van der Waals surface area (Å²) < 4.78 is 28.0. The minimum atomic E-state index is -2.32. The molecule has 53 heavy (non-hydrogen) atoms. The highest BCUT2D eigenvalue weighted by atomic mass is 16.7. The molecule has 0 bridgehead atoms. The van der Waals surface area contributed by atoms with Crippen LogP contribution in [0.4, 0.5) is 0 Å². The second kappa shape index (κ2) is 15.1. The van der Waals surface area contributed by atoms with Crippen molar-refractivity contribution in [3.8, 4) is 17.2 Å². The van der Waals surface area contributed by atoms with Gasteiger partial charge in [-0.1, -0.05) is 26.0 Å². The molecule has 2 aromatic rings. The number of ketones is 3. The van der Waals surface area contributed by atoms with Crippen LogP contribution in [0.2, 0.25) is 0 Å². The number of esters is 2. The Morgan fingerprint density at radius 2 is 1.68 bits per heavy atom. The second-order valence-corrected chi connectivity index (χ2v) is 14.3. The topological polar surface area (TPSA) is 245 Å². The number of hydrogen-bond donors (Lipinski definition) is 6. The highest BCUT2D eigenvalue weighted by Crippen LogP contribution is 2.52. The number of aromatic hydroxyl groups is 2. The van der Waals surface area contributed by atoms with E-state index in [9.17, 15) is 49.5 Å². The van der Waals surface area contributed by atoms with Crippen LogP contribution in [0, 0.1) is 5.41 Å². The number of phenolic OH excluding ortho intramolecular Hbond substituents is 2. The van der Waals surface area contributed by atoms with Crippen LogP contribution in [0.3, 0.4) is 0 Å². The number of carbonyl (C=O) groups is 5. The van der Waals surface area contributed by atoms with E-state index < -0.39 is 119 Å². The first-order chi connectivity index (χ1) is 24.8. The zero-order chi connectivity index (χ0) is 39.2. The van der Waals surface area contributed by atoms with E-state index in [1.54, 1.807) is 20.8 Å². The van der Waals surface area contributed by atoms with Crippen molar-refractivity contribution in [2.75, 3.05) is 20.3 Å². The molecule has 1 heterocycles. The van der Waals surface area contributed by atoms with Gasteiger partial charge in [0.1, 0.15) is 29.5 Å². The number of phenols is 2. The fourth-order valence-electron chi connectivity index (χ4n) is 7.26. The zero-order valence-corrected chi connectivity index (χ0v) is 30.3. The van der Waals surface area contributed by atoms with E-state index in [2.05, 4.69) is 5.32 Å². The first kappa shape index (κ1) is 39.8. The molecule has 2 aliphatic carbocycles. The summed E-state index contributed by atoms with van der Waals surface area (Å²) >= 11 is 0. The molecule has 1 aliphatic heterocycles. The third-order valence-electron chi connectivity index (χ3n) is 10.1. The number of ether oxygens (including phenoxy) is 5. The lowest BCUT2D eigenvalue weighted by atomic mass is 9.72. The molecule has 0 amide bonds. The molecule has 16 heteroatoms. The lowest BCUT2D eigenvalue weighted by Crippen LogP contribution is -2.55. The average molecular weight is 744 g/mol. The lowest BCUT2D eigenvalue weighted by molar-refractivity contribution is -0.250. The highest BCUT2D eigenvalue weighted by Gasteiger charge is 2.50. The van der Waals surface area contributed by atoms with Gasteiger partial charge in [0.15, 0.2) is 17.9 Å². The van der Waals surface area contributed by atoms with Crippen molar-refractivity contribution in [1.82, 2.24) is 5.32 Å². The van der Waals surface area contributed by atoms with Crippen LogP contribution < -0.4 is 10.1 Å². The monoisotopic (exact) mass is 743 g/mol. The van der Waals surface area contributed by atoms with Gasteiger partial charge in [0, 0.05) is 61.3 Å². The summed E-state index contributed by atoms with van der Waals surface area (Å²) in [5.74, 6) is -5.27. The van der Waals surface area contributed by atoms with Gasteiger partial charge >= 0.3 is 11.9 Å². The van der Waals surface area contributed by atoms with Gasteiger partial charge in [-0.3, -0.25) is 24.0 Å². The molecule has 5 rings (SSSR count). The largest absolute Gasteiger partial charge is 0.507 e. The van der Waals surface area contributed by atoms with Crippen LogP contribution in [-0.2, 0) is 39.8 Å². The first-order valence-electron chi connectivity index (χ1n) is 17.2. The smallest absolute Gasteiger partial charge is 0.305 e. The summed E-state index contributed by atoms with van der Waals surface area (Å²) in [5.41, 5.74) is -4.79. The Morgan fingerprint density at radius 1 is 1.04 bits per heavy atom. The molecular formula is C37H45NO15. The number of methoxy groups -OCH3 is 1. The van der Waals surface area contributed by atoms with Gasteiger partial charge in [-0.25, -0.2) is 0 Å². The summed E-state index contributed by atoms with van der Waals surface area (Å²) in [6.07, 6.45) is -6.50. The number of hydrogen-bond acceptors (Lipinski definition) is 16. The van der Waals surface area contributed by atoms with Crippen LogP contribution in [0.1, 0.15) is 103 Å². The van der Waals surface area contributed by atoms with E-state index in [0.717, 1.165) is 0 Å². The number of rotatable bonds is 12. The Labute approximate surface area is 304 Å². The van der Waals surface area contributed by atoms with Gasteiger partial charge in [-0.2, -0.15) is 0 Å². The van der Waals surface area contributed by atoms with Gasteiger partial charge in [-0.15, -0.1) is 0 Å². The van der Waals surface area contributed by atoms with E-state index in [1.807, 2.05) is 0 Å². The molecule has 6 atom stereocenters. The quantitative estimate of drug-likeness (QED) is 0.0874. The van der Waals surface area contributed by atoms with Crippen molar-refractivity contribution in [3.05, 3.63) is 51.6 Å². The summed E-state index contributed by atoms with van der Waals surface area (Å²) in [7, 11) is 1.31. The zero-order valence-electron chi connectivity index (χ0n) is 30.3. The minimum absolute atomic E-state index is 0.0128. The van der Waals surface area contributed by atoms with E-state index in [-0.39, 0.29) is 41.0 Å². The molecule has 0 radical (unpaired) electrons. The van der Waals surface area contributed by atoms with Crippen LogP contribution >= 0.6 is 0 Å². The van der Waals surface area contributed by atoms with Crippen molar-refractivity contribution < 1.29 is 73.2 Å². The average Bonchev–Trinajstić information content (AvgIpc) is 3.09. The molecule has 1 saturated heterocycles. The predicted octanol–water partition coefficient (Wildman–Crippen LogP) is 1.50. The predicted molar refractivity (Wildman–Crippen MR) is 181 cm³/mol. The number of nitrogens with one attached hydrogen (secondary N) is 1. The number of fused-ring (bicyclic) bond motifs is 3.